The summed E-state index contributed by atoms with van der Waals surface area (Å²) in [5, 5.41) is 23.1. The Morgan fingerprint density at radius 2 is 2.00 bits per heavy atom. The molecule has 33 heavy (non-hydrogen) atoms. The van der Waals surface area contributed by atoms with Crippen LogP contribution in [-0.4, -0.2) is 49.4 Å². The first-order valence-electron chi connectivity index (χ1n) is 11.6. The molecule has 0 radical (unpaired) electrons. The molecule has 1 amide bonds. The van der Waals surface area contributed by atoms with E-state index in [0.717, 1.165) is 32.1 Å². The molecule has 2 aliphatic rings. The van der Waals surface area contributed by atoms with Gasteiger partial charge in [-0.3, -0.25) is 9.59 Å². The number of amides is 1. The Morgan fingerprint density at radius 3 is 2.70 bits per heavy atom. The zero-order valence-electron chi connectivity index (χ0n) is 18.6. The number of aliphatic hydroxyl groups excluding tert-OH is 1. The van der Waals surface area contributed by atoms with Gasteiger partial charge in [0.25, 0.3) is 11.5 Å². The number of pyridine rings is 1. The van der Waals surface area contributed by atoms with Gasteiger partial charge in [0, 0.05) is 25.4 Å². The maximum Gasteiger partial charge on any atom is 0.274 e. The lowest BCUT2D eigenvalue weighted by Crippen LogP contribution is -2.50. The van der Waals surface area contributed by atoms with Crippen LogP contribution in [0.5, 0.6) is 0 Å². The highest BCUT2D eigenvalue weighted by atomic mass is 16.3. The van der Waals surface area contributed by atoms with Gasteiger partial charge in [-0.15, -0.1) is 0 Å². The second-order valence-corrected chi connectivity index (χ2v) is 8.85. The number of anilines is 3. The van der Waals surface area contributed by atoms with Gasteiger partial charge in [-0.25, -0.2) is 4.98 Å². The van der Waals surface area contributed by atoms with Gasteiger partial charge < -0.3 is 25.6 Å². The Balaban J connectivity index is 1.46. The Labute approximate surface area is 191 Å². The van der Waals surface area contributed by atoms with Crippen LogP contribution in [-0.2, 0) is 0 Å². The lowest BCUT2D eigenvalue weighted by atomic mass is 9.89. The summed E-state index contributed by atoms with van der Waals surface area (Å²) >= 11 is 0. The van der Waals surface area contributed by atoms with Crippen LogP contribution < -0.4 is 21.5 Å². The second-order valence-electron chi connectivity index (χ2n) is 8.85. The maximum atomic E-state index is 13.2. The number of carbonyl (C=O) groups excluding carboxylic acids is 1. The molecule has 0 spiro atoms. The predicted octanol–water partition coefficient (Wildman–Crippen LogP) is 2.43. The van der Waals surface area contributed by atoms with Crippen molar-refractivity contribution in [3.63, 3.8) is 0 Å². The van der Waals surface area contributed by atoms with E-state index in [2.05, 4.69) is 26.0 Å². The van der Waals surface area contributed by atoms with Crippen molar-refractivity contribution in [1.82, 2.24) is 24.5 Å². The number of nitrogens with zero attached hydrogens (tertiary/aromatic N) is 4. The van der Waals surface area contributed by atoms with E-state index in [1.807, 2.05) is 16.8 Å². The molecule has 3 aromatic heterocycles. The van der Waals surface area contributed by atoms with Gasteiger partial charge in [-0.2, -0.15) is 9.61 Å². The van der Waals surface area contributed by atoms with E-state index in [-0.39, 0.29) is 23.6 Å². The first-order valence-corrected chi connectivity index (χ1v) is 11.6. The largest absolute Gasteiger partial charge is 0.391 e. The SMILES string of the molecule is CNc1cc(Nc2cccn(C3CCCCC3)c2=O)nc2c(C(=O)N[C@H]3CC[C@H]3O)cnn12. The maximum absolute atomic E-state index is 13.2. The second kappa shape index (κ2) is 8.86. The van der Waals surface area contributed by atoms with Crippen LogP contribution in [0.3, 0.4) is 0 Å². The highest BCUT2D eigenvalue weighted by molar-refractivity contribution is 6.00. The summed E-state index contributed by atoms with van der Waals surface area (Å²) in [6, 6.07) is 5.34. The van der Waals surface area contributed by atoms with Gasteiger partial charge in [-0.1, -0.05) is 19.3 Å². The van der Waals surface area contributed by atoms with E-state index in [4.69, 9.17) is 0 Å². The van der Waals surface area contributed by atoms with E-state index < -0.39 is 6.10 Å². The topological polar surface area (TPSA) is 126 Å². The number of carbonyl (C=O) groups is 1. The van der Waals surface area contributed by atoms with Gasteiger partial charge >= 0.3 is 0 Å². The molecular weight excluding hydrogens is 422 g/mol. The molecule has 2 atom stereocenters. The average Bonchev–Trinajstić information content (AvgIpc) is 3.27. The molecule has 3 heterocycles. The fraction of sp³-hybridized carbons (Fsp3) is 0.478. The van der Waals surface area contributed by atoms with Crippen LogP contribution in [0.15, 0.2) is 35.4 Å². The summed E-state index contributed by atoms with van der Waals surface area (Å²) in [6.45, 7) is 0. The number of aromatic nitrogens is 4. The summed E-state index contributed by atoms with van der Waals surface area (Å²) in [5.74, 6) is 0.720. The third kappa shape index (κ3) is 4.06. The third-order valence-electron chi connectivity index (χ3n) is 6.73. The van der Waals surface area contributed by atoms with Crippen molar-refractivity contribution in [2.45, 2.75) is 63.1 Å². The molecule has 2 aliphatic carbocycles. The van der Waals surface area contributed by atoms with E-state index in [1.165, 1.54) is 12.6 Å². The molecule has 10 heteroatoms. The summed E-state index contributed by atoms with van der Waals surface area (Å²) in [5.41, 5.74) is 1.02. The Morgan fingerprint density at radius 1 is 1.18 bits per heavy atom. The van der Waals surface area contributed by atoms with Crippen molar-refractivity contribution in [2.24, 2.45) is 0 Å². The lowest BCUT2D eigenvalue weighted by molar-refractivity contribution is 0.0448. The zero-order chi connectivity index (χ0) is 22.9. The van der Waals surface area contributed by atoms with Crippen LogP contribution in [0.2, 0.25) is 0 Å². The molecule has 2 saturated carbocycles. The van der Waals surface area contributed by atoms with Crippen LogP contribution in [0.1, 0.15) is 61.3 Å². The average molecular weight is 452 g/mol. The van der Waals surface area contributed by atoms with Gasteiger partial charge in [0.05, 0.1) is 18.3 Å². The fourth-order valence-corrected chi connectivity index (χ4v) is 4.65. The number of rotatable bonds is 6. The number of hydrogen-bond acceptors (Lipinski definition) is 7. The minimum absolute atomic E-state index is 0.0810. The molecule has 10 nitrogen and oxygen atoms in total. The fourth-order valence-electron chi connectivity index (χ4n) is 4.65. The minimum Gasteiger partial charge on any atom is -0.391 e. The first-order chi connectivity index (χ1) is 16.0. The number of nitrogens with one attached hydrogen (secondary N) is 3. The van der Waals surface area contributed by atoms with Crippen LogP contribution >= 0.6 is 0 Å². The van der Waals surface area contributed by atoms with Gasteiger partial charge in [0.2, 0.25) is 0 Å². The summed E-state index contributed by atoms with van der Waals surface area (Å²) in [7, 11) is 1.75. The Kier molecular flexibility index (Phi) is 5.76. The summed E-state index contributed by atoms with van der Waals surface area (Å²) in [4.78, 5) is 30.6. The molecular formula is C23H29N7O3. The first kappa shape index (κ1) is 21.4. The van der Waals surface area contributed by atoms with E-state index in [9.17, 15) is 14.7 Å². The van der Waals surface area contributed by atoms with Gasteiger partial charge in [0.15, 0.2) is 5.65 Å². The van der Waals surface area contributed by atoms with E-state index in [1.54, 1.807) is 23.7 Å². The smallest absolute Gasteiger partial charge is 0.274 e. The molecule has 174 valence electrons. The van der Waals surface area contributed by atoms with Crippen molar-refractivity contribution in [1.29, 1.82) is 0 Å². The number of hydrogen-bond donors (Lipinski definition) is 4. The van der Waals surface area contributed by atoms with Crippen molar-refractivity contribution >= 4 is 28.9 Å². The lowest BCUT2D eigenvalue weighted by Gasteiger charge is -2.32. The highest BCUT2D eigenvalue weighted by Gasteiger charge is 2.31. The minimum atomic E-state index is -0.515. The monoisotopic (exact) mass is 451 g/mol. The summed E-state index contributed by atoms with van der Waals surface area (Å²) in [6.07, 6.45) is 9.77. The molecule has 0 bridgehead atoms. The number of fused-ring (bicyclic) bond motifs is 1. The Hall–Kier alpha value is -3.40. The van der Waals surface area contributed by atoms with Gasteiger partial charge in [-0.05, 0) is 37.8 Å². The molecule has 4 N–H and O–H groups in total. The van der Waals surface area contributed by atoms with Crippen molar-refractivity contribution in [2.75, 3.05) is 17.7 Å². The van der Waals surface area contributed by atoms with Crippen molar-refractivity contribution in [3.8, 4) is 0 Å². The number of aliphatic hydroxyl groups is 1. The molecule has 2 fully saturated rings. The zero-order valence-corrected chi connectivity index (χ0v) is 18.6. The quantitative estimate of drug-likeness (QED) is 0.453. The van der Waals surface area contributed by atoms with Crippen LogP contribution in [0.4, 0.5) is 17.3 Å². The molecule has 3 aromatic rings. The molecule has 0 saturated heterocycles. The third-order valence-corrected chi connectivity index (χ3v) is 6.73. The van der Waals surface area contributed by atoms with E-state index >= 15 is 0 Å². The normalized spacial score (nSPS) is 20.9. The molecule has 5 rings (SSSR count). The Bertz CT molecular complexity index is 1230. The molecule has 0 aliphatic heterocycles. The molecule has 0 aromatic carbocycles. The van der Waals surface area contributed by atoms with Crippen molar-refractivity contribution in [3.05, 3.63) is 46.5 Å². The summed E-state index contributed by atoms with van der Waals surface area (Å²) < 4.78 is 3.36. The van der Waals surface area contributed by atoms with Crippen LogP contribution in [0, 0.1) is 0 Å². The predicted molar refractivity (Wildman–Crippen MR) is 125 cm³/mol. The van der Waals surface area contributed by atoms with Crippen LogP contribution in [0.25, 0.3) is 5.65 Å². The standard InChI is InChI=1S/C23H29N7O3/c1-24-20-12-19(26-17-8-5-11-29(23(17)33)14-6-3-2-4-7-14)28-21-15(13-25-30(20)21)22(32)27-16-9-10-18(16)31/h5,8,11-14,16,18,24,31H,2-4,6-7,9-10H2,1H3,(H,26,28)(H,27,32)/t16-,18+/m0/s1. The molecule has 0 unspecified atom stereocenters. The highest BCUT2D eigenvalue weighted by Crippen LogP contribution is 2.28. The van der Waals surface area contributed by atoms with E-state index in [0.29, 0.717) is 35.0 Å². The van der Waals surface area contributed by atoms with Gasteiger partial charge in [0.1, 0.15) is 22.9 Å². The van der Waals surface area contributed by atoms with Crippen molar-refractivity contribution < 1.29 is 9.90 Å².